The van der Waals surface area contributed by atoms with Crippen LogP contribution in [0.15, 0.2) is 91.0 Å². The number of rotatable bonds is 15. The van der Waals surface area contributed by atoms with Crippen LogP contribution in [0.3, 0.4) is 0 Å². The topological polar surface area (TPSA) is 71.1 Å². The maximum atomic E-state index is 12.8. The van der Waals surface area contributed by atoms with Gasteiger partial charge in [0.15, 0.2) is 0 Å². The summed E-state index contributed by atoms with van der Waals surface area (Å²) in [7, 11) is 3.01. The van der Waals surface area contributed by atoms with Gasteiger partial charge in [-0.1, -0.05) is 88.2 Å². The monoisotopic (exact) mass is 610 g/mol. The maximum Gasteiger partial charge on any atom is 0.341 e. The zero-order valence-electron chi connectivity index (χ0n) is 26.9. The van der Waals surface area contributed by atoms with Crippen LogP contribution in [0.2, 0.25) is 0 Å². The Hall–Kier alpha value is -4.00. The molecule has 0 heterocycles. The summed E-state index contributed by atoms with van der Waals surface area (Å²) >= 11 is 0. The van der Waals surface area contributed by atoms with Gasteiger partial charge in [0.05, 0.1) is 24.4 Å². The number of ether oxygens (including phenoxy) is 4. The van der Waals surface area contributed by atoms with Gasteiger partial charge in [0.1, 0.15) is 11.5 Å². The van der Waals surface area contributed by atoms with Crippen LogP contribution in [0.1, 0.15) is 69.8 Å². The molecule has 3 aromatic rings. The summed E-state index contributed by atoms with van der Waals surface area (Å²) in [5.41, 5.74) is 5.44. The first-order valence-electron chi connectivity index (χ1n) is 16.0. The Balaban J connectivity index is 1.55. The van der Waals surface area contributed by atoms with E-state index in [1.807, 2.05) is 24.3 Å². The zero-order valence-corrected chi connectivity index (χ0v) is 26.9. The van der Waals surface area contributed by atoms with Gasteiger partial charge in [-0.05, 0) is 84.0 Å². The Morgan fingerprint density at radius 3 is 1.89 bits per heavy atom. The summed E-state index contributed by atoms with van der Waals surface area (Å²) in [5.74, 6) is 1.26. The van der Waals surface area contributed by atoms with Crippen molar-refractivity contribution in [2.45, 2.75) is 64.2 Å². The van der Waals surface area contributed by atoms with E-state index in [1.165, 1.54) is 71.1 Å². The average molecular weight is 611 g/mol. The molecule has 0 atom stereocenters. The summed E-state index contributed by atoms with van der Waals surface area (Å²) in [6.07, 6.45) is 10.4. The molecule has 6 heteroatoms. The molecule has 0 aromatic heterocycles. The Morgan fingerprint density at radius 1 is 0.711 bits per heavy atom. The Kier molecular flexibility index (Phi) is 12.7. The first-order valence-corrected chi connectivity index (χ1v) is 16.0. The molecule has 0 aliphatic heterocycles. The number of carbonyl (C=O) groups is 2. The van der Waals surface area contributed by atoms with Gasteiger partial charge >= 0.3 is 11.9 Å². The molecule has 6 nitrogen and oxygen atoms in total. The van der Waals surface area contributed by atoms with Gasteiger partial charge in [0.25, 0.3) is 0 Å². The third-order valence-electron chi connectivity index (χ3n) is 8.55. The summed E-state index contributed by atoms with van der Waals surface area (Å²) in [4.78, 5) is 25.0. The maximum absolute atomic E-state index is 12.8. The predicted molar refractivity (Wildman–Crippen MR) is 179 cm³/mol. The van der Waals surface area contributed by atoms with Gasteiger partial charge in [0, 0.05) is 19.8 Å². The number of carbonyl (C=O) groups excluding carboxylic acids is 2. The fraction of sp³-hybridized carbons (Fsp3) is 0.385. The molecular formula is C39H46O6. The lowest BCUT2D eigenvalue weighted by atomic mass is 9.77. The SMILES string of the molecule is C=C(COC)C(=O)Oc1ccc(-c2ccc(OC(=O)C(=C)COC)c(-c3ccc(C4CCC(CCCCC)CC4)cc3)c2)cc1. The number of hydrogen-bond acceptors (Lipinski definition) is 6. The largest absolute Gasteiger partial charge is 0.423 e. The standard InChI is InChI=1S/C39H46O6/c1-6-7-8-9-29-10-12-30(13-11-29)31-14-16-33(17-15-31)36-24-34(20-23-37(36)45-39(41)28(3)26-43-5)32-18-21-35(22-19-32)44-38(40)27(2)25-42-4/h14-24,29-30H,2-3,6-13,25-26H2,1,4-5H3. The molecule has 0 amide bonds. The van der Waals surface area contributed by atoms with E-state index >= 15 is 0 Å². The molecule has 0 saturated heterocycles. The third kappa shape index (κ3) is 9.49. The first kappa shape index (κ1) is 33.9. The van der Waals surface area contributed by atoms with Crippen LogP contribution < -0.4 is 9.47 Å². The van der Waals surface area contributed by atoms with Crippen molar-refractivity contribution in [2.24, 2.45) is 5.92 Å². The Morgan fingerprint density at radius 2 is 1.29 bits per heavy atom. The van der Waals surface area contributed by atoms with Crippen LogP contribution in [0, 0.1) is 5.92 Å². The summed E-state index contributed by atoms with van der Waals surface area (Å²) < 4.78 is 21.3. The van der Waals surface area contributed by atoms with Crippen LogP contribution in [0.5, 0.6) is 11.5 Å². The van der Waals surface area contributed by atoms with Crippen LogP contribution >= 0.6 is 0 Å². The minimum absolute atomic E-state index is 0.0948. The highest BCUT2D eigenvalue weighted by molar-refractivity contribution is 5.92. The fourth-order valence-corrected chi connectivity index (χ4v) is 5.96. The van der Waals surface area contributed by atoms with E-state index in [1.54, 1.807) is 18.2 Å². The van der Waals surface area contributed by atoms with Crippen molar-refractivity contribution in [3.63, 3.8) is 0 Å². The minimum atomic E-state index is -0.531. The highest BCUT2D eigenvalue weighted by atomic mass is 16.5. The predicted octanol–water partition coefficient (Wildman–Crippen LogP) is 9.09. The Bertz CT molecular complexity index is 1450. The number of benzene rings is 3. The van der Waals surface area contributed by atoms with Gasteiger partial charge in [-0.3, -0.25) is 0 Å². The molecule has 0 radical (unpaired) electrons. The lowest BCUT2D eigenvalue weighted by Gasteiger charge is -2.29. The number of hydrogen-bond donors (Lipinski definition) is 0. The van der Waals surface area contributed by atoms with E-state index in [0.717, 1.165) is 28.2 Å². The van der Waals surface area contributed by atoms with E-state index in [4.69, 9.17) is 18.9 Å². The van der Waals surface area contributed by atoms with E-state index < -0.39 is 11.9 Å². The molecule has 1 aliphatic rings. The lowest BCUT2D eigenvalue weighted by molar-refractivity contribution is -0.131. The highest BCUT2D eigenvalue weighted by Gasteiger charge is 2.22. The zero-order chi connectivity index (χ0) is 32.2. The van der Waals surface area contributed by atoms with Crippen molar-refractivity contribution in [2.75, 3.05) is 27.4 Å². The molecule has 45 heavy (non-hydrogen) atoms. The van der Waals surface area contributed by atoms with Crippen molar-refractivity contribution in [1.29, 1.82) is 0 Å². The van der Waals surface area contributed by atoms with E-state index in [2.05, 4.69) is 44.3 Å². The van der Waals surface area contributed by atoms with Gasteiger partial charge in [0.2, 0.25) is 0 Å². The van der Waals surface area contributed by atoms with Gasteiger partial charge in [-0.15, -0.1) is 0 Å². The smallest absolute Gasteiger partial charge is 0.341 e. The Labute approximate surface area is 268 Å². The van der Waals surface area contributed by atoms with Crippen LogP contribution in [0.4, 0.5) is 0 Å². The van der Waals surface area contributed by atoms with E-state index in [-0.39, 0.29) is 24.4 Å². The lowest BCUT2D eigenvalue weighted by Crippen LogP contribution is -2.14. The second-order valence-electron chi connectivity index (χ2n) is 11.9. The molecule has 1 aliphatic carbocycles. The van der Waals surface area contributed by atoms with E-state index in [0.29, 0.717) is 17.4 Å². The summed E-state index contributed by atoms with van der Waals surface area (Å²) in [5, 5.41) is 0. The number of methoxy groups -OCH3 is 2. The average Bonchev–Trinajstić information content (AvgIpc) is 3.06. The first-order chi connectivity index (χ1) is 21.8. The van der Waals surface area contributed by atoms with Crippen molar-refractivity contribution in [3.05, 3.63) is 96.6 Å². The highest BCUT2D eigenvalue weighted by Crippen LogP contribution is 2.40. The summed E-state index contributed by atoms with van der Waals surface area (Å²) in [6.45, 7) is 9.96. The van der Waals surface area contributed by atoms with Crippen molar-refractivity contribution in [1.82, 2.24) is 0 Å². The van der Waals surface area contributed by atoms with Gasteiger partial charge < -0.3 is 18.9 Å². The molecule has 0 N–H and O–H groups in total. The number of esters is 2. The van der Waals surface area contributed by atoms with Gasteiger partial charge in [-0.25, -0.2) is 9.59 Å². The van der Waals surface area contributed by atoms with Crippen LogP contribution in [-0.4, -0.2) is 39.4 Å². The molecule has 4 rings (SSSR count). The molecule has 1 fully saturated rings. The fourth-order valence-electron chi connectivity index (χ4n) is 5.96. The quantitative estimate of drug-likeness (QED) is 0.0740. The molecular weight excluding hydrogens is 564 g/mol. The second kappa shape index (κ2) is 16.9. The van der Waals surface area contributed by atoms with Crippen LogP contribution in [0.25, 0.3) is 22.3 Å². The van der Waals surface area contributed by atoms with Gasteiger partial charge in [-0.2, -0.15) is 0 Å². The summed E-state index contributed by atoms with van der Waals surface area (Å²) in [6, 6.07) is 21.7. The molecule has 3 aromatic carbocycles. The molecule has 0 bridgehead atoms. The molecule has 0 spiro atoms. The minimum Gasteiger partial charge on any atom is -0.423 e. The molecule has 1 saturated carbocycles. The van der Waals surface area contributed by atoms with Crippen molar-refractivity contribution < 1.29 is 28.5 Å². The van der Waals surface area contributed by atoms with Crippen molar-refractivity contribution in [3.8, 4) is 33.8 Å². The van der Waals surface area contributed by atoms with E-state index in [9.17, 15) is 9.59 Å². The molecule has 238 valence electrons. The second-order valence-corrected chi connectivity index (χ2v) is 11.9. The van der Waals surface area contributed by atoms with Crippen LogP contribution in [-0.2, 0) is 19.1 Å². The number of unbranched alkanes of at least 4 members (excludes halogenated alkanes) is 2. The molecule has 0 unspecified atom stereocenters. The third-order valence-corrected chi connectivity index (χ3v) is 8.55. The normalized spacial score (nSPS) is 16.2. The van der Waals surface area contributed by atoms with Crippen molar-refractivity contribution >= 4 is 11.9 Å².